The second-order valence-corrected chi connectivity index (χ2v) is 11.8. The number of carboxylic acid groups (broad SMARTS) is 1. The van der Waals surface area contributed by atoms with Crippen molar-refractivity contribution >= 4 is 29.2 Å². The molecule has 1 atom stereocenters. The number of nitrogens with zero attached hydrogens (tertiary/aromatic N) is 3. The number of anilines is 2. The molecule has 1 aliphatic carbocycles. The highest BCUT2D eigenvalue weighted by molar-refractivity contribution is 5.95. The number of alkyl halides is 3. The van der Waals surface area contributed by atoms with Crippen molar-refractivity contribution in [3.05, 3.63) is 59.4 Å². The van der Waals surface area contributed by atoms with Gasteiger partial charge in [0.2, 0.25) is 11.8 Å². The Balaban J connectivity index is 1.35. The van der Waals surface area contributed by atoms with Crippen molar-refractivity contribution in [1.29, 1.82) is 0 Å². The number of likely N-dealkylation sites (tertiary alicyclic amines) is 1. The molecule has 2 aliphatic heterocycles. The number of amides is 2. The number of piperidine rings is 1. The monoisotopic (exact) mass is 590 g/mol. The van der Waals surface area contributed by atoms with Crippen LogP contribution in [0, 0.1) is 17.7 Å². The fourth-order valence-corrected chi connectivity index (χ4v) is 5.92. The molecule has 3 aliphatic rings. The summed E-state index contributed by atoms with van der Waals surface area (Å²) in [6.07, 6.45) is -1.88. The van der Waals surface area contributed by atoms with Crippen molar-refractivity contribution in [3.8, 4) is 0 Å². The van der Waals surface area contributed by atoms with E-state index in [1.165, 1.54) is 12.1 Å². The van der Waals surface area contributed by atoms with Gasteiger partial charge in [0.25, 0.3) is 0 Å². The third-order valence-corrected chi connectivity index (χ3v) is 8.56. The van der Waals surface area contributed by atoms with Crippen LogP contribution >= 0.6 is 0 Å². The Labute approximate surface area is 241 Å². The van der Waals surface area contributed by atoms with E-state index in [-0.39, 0.29) is 36.4 Å². The van der Waals surface area contributed by atoms with Crippen LogP contribution in [0.5, 0.6) is 0 Å². The van der Waals surface area contributed by atoms with Crippen LogP contribution < -0.4 is 10.2 Å². The van der Waals surface area contributed by atoms with Crippen LogP contribution in [0.15, 0.2) is 42.5 Å². The largest absolute Gasteiger partial charge is 0.478 e. The van der Waals surface area contributed by atoms with Gasteiger partial charge in [-0.2, -0.15) is 13.2 Å². The molecule has 0 unspecified atom stereocenters. The highest BCUT2D eigenvalue weighted by atomic mass is 19.4. The van der Waals surface area contributed by atoms with Gasteiger partial charge in [-0.05, 0) is 80.0 Å². The molecule has 226 valence electrons. The molecule has 5 rings (SSSR count). The zero-order valence-corrected chi connectivity index (χ0v) is 23.5. The van der Waals surface area contributed by atoms with Gasteiger partial charge >= 0.3 is 12.1 Å². The zero-order chi connectivity index (χ0) is 30.4. The molecule has 2 aromatic rings. The number of hydrogen-bond acceptors (Lipinski definition) is 5. The van der Waals surface area contributed by atoms with Crippen molar-refractivity contribution in [3.63, 3.8) is 0 Å². The lowest BCUT2D eigenvalue weighted by Crippen LogP contribution is -2.59. The molecule has 0 radical (unpaired) electrons. The van der Waals surface area contributed by atoms with Crippen LogP contribution in [0.1, 0.15) is 55.5 Å². The Morgan fingerprint density at radius 1 is 1.07 bits per heavy atom. The summed E-state index contributed by atoms with van der Waals surface area (Å²) in [6, 6.07) is 7.47. The Bertz CT molecular complexity index is 1350. The van der Waals surface area contributed by atoms with Crippen molar-refractivity contribution < 1.29 is 37.1 Å². The molecule has 12 heteroatoms. The van der Waals surface area contributed by atoms with Gasteiger partial charge in [-0.25, -0.2) is 9.18 Å². The first-order valence-electron chi connectivity index (χ1n) is 14.1. The number of rotatable bonds is 8. The molecular weight excluding hydrogens is 556 g/mol. The lowest BCUT2D eigenvalue weighted by Gasteiger charge is -2.44. The van der Waals surface area contributed by atoms with Crippen LogP contribution in [0.4, 0.5) is 28.9 Å². The summed E-state index contributed by atoms with van der Waals surface area (Å²) in [6.45, 7) is 4.91. The maximum atomic E-state index is 14.5. The molecule has 8 nitrogen and oxygen atoms in total. The van der Waals surface area contributed by atoms with Gasteiger partial charge in [-0.1, -0.05) is 13.8 Å². The van der Waals surface area contributed by atoms with E-state index in [0.717, 1.165) is 18.9 Å². The molecule has 2 N–H and O–H groups in total. The third-order valence-electron chi connectivity index (χ3n) is 8.56. The molecule has 3 fully saturated rings. The Kier molecular flexibility index (Phi) is 7.84. The summed E-state index contributed by atoms with van der Waals surface area (Å²) in [5.41, 5.74) is -1.48. The summed E-state index contributed by atoms with van der Waals surface area (Å²) in [5.74, 6) is -2.24. The van der Waals surface area contributed by atoms with Crippen molar-refractivity contribution in [2.24, 2.45) is 11.8 Å². The average Bonchev–Trinajstić information content (AvgIpc) is 3.73. The maximum Gasteiger partial charge on any atom is 0.416 e. The van der Waals surface area contributed by atoms with Crippen LogP contribution in [-0.2, 0) is 15.8 Å². The Morgan fingerprint density at radius 2 is 1.71 bits per heavy atom. The van der Waals surface area contributed by atoms with Gasteiger partial charge in [0, 0.05) is 25.3 Å². The van der Waals surface area contributed by atoms with Crippen molar-refractivity contribution in [2.75, 3.05) is 36.5 Å². The average molecular weight is 591 g/mol. The van der Waals surface area contributed by atoms with E-state index >= 15 is 0 Å². The molecule has 2 saturated heterocycles. The quantitative estimate of drug-likeness (QED) is 0.418. The smallest absolute Gasteiger partial charge is 0.416 e. The number of carboxylic acids is 1. The summed E-state index contributed by atoms with van der Waals surface area (Å²) in [7, 11) is 0. The standard InChI is InChI=1S/C30H34F4N4O4/c1-18(2)25(35-24-15-21(30(32,33)34)7-10-23(24)31)26(39)36-13-11-29(12-14-36)28(42)37(16-19-3-4-19)17-38(29)22-8-5-20(6-9-22)27(40)41/h5-10,15,18-19,25,35H,3-4,11-14,16-17H2,1-2H3,(H,40,41)/t25-/m1/s1. The molecule has 42 heavy (non-hydrogen) atoms. The van der Waals surface area contributed by atoms with Gasteiger partial charge in [-0.15, -0.1) is 0 Å². The summed E-state index contributed by atoms with van der Waals surface area (Å²) < 4.78 is 54.2. The summed E-state index contributed by atoms with van der Waals surface area (Å²) >= 11 is 0. The molecule has 2 heterocycles. The first kappa shape index (κ1) is 29.7. The number of nitrogens with one attached hydrogen (secondary N) is 1. The van der Waals surface area contributed by atoms with E-state index < -0.39 is 40.8 Å². The van der Waals surface area contributed by atoms with Crippen molar-refractivity contribution in [2.45, 2.75) is 57.3 Å². The molecular formula is C30H34F4N4O4. The Morgan fingerprint density at radius 3 is 2.26 bits per heavy atom. The first-order chi connectivity index (χ1) is 19.8. The summed E-state index contributed by atoms with van der Waals surface area (Å²) in [5, 5.41) is 12.0. The topological polar surface area (TPSA) is 93.2 Å². The SMILES string of the molecule is CC(C)[C@@H](Nc1cc(C(F)(F)F)ccc1F)C(=O)N1CCC2(CC1)C(=O)N(CC1CC1)CN2c1ccc(C(=O)O)cc1. The molecule has 1 saturated carbocycles. The minimum atomic E-state index is -4.66. The first-order valence-corrected chi connectivity index (χ1v) is 14.1. The fourth-order valence-electron chi connectivity index (χ4n) is 5.92. The maximum absolute atomic E-state index is 14.5. The van der Waals surface area contributed by atoms with E-state index in [9.17, 15) is 37.1 Å². The van der Waals surface area contributed by atoms with Crippen LogP contribution in [-0.4, -0.2) is 70.6 Å². The van der Waals surface area contributed by atoms with E-state index in [1.54, 1.807) is 30.9 Å². The highest BCUT2D eigenvalue weighted by Crippen LogP contribution is 2.42. The minimum Gasteiger partial charge on any atom is -0.478 e. The van der Waals surface area contributed by atoms with Crippen LogP contribution in [0.2, 0.25) is 0 Å². The van der Waals surface area contributed by atoms with E-state index in [4.69, 9.17) is 0 Å². The van der Waals surface area contributed by atoms with E-state index in [0.29, 0.717) is 49.8 Å². The highest BCUT2D eigenvalue weighted by Gasteiger charge is 2.55. The minimum absolute atomic E-state index is 0.0200. The lowest BCUT2D eigenvalue weighted by molar-refractivity contribution is -0.139. The molecule has 2 amide bonds. The van der Waals surface area contributed by atoms with Gasteiger partial charge in [0.05, 0.1) is 23.5 Å². The number of benzene rings is 2. The van der Waals surface area contributed by atoms with Gasteiger partial charge in [-0.3, -0.25) is 9.59 Å². The lowest BCUT2D eigenvalue weighted by atomic mass is 9.84. The summed E-state index contributed by atoms with van der Waals surface area (Å²) in [4.78, 5) is 44.3. The number of aromatic carboxylic acids is 1. The third kappa shape index (κ3) is 5.76. The molecule has 0 aromatic heterocycles. The second kappa shape index (κ2) is 11.1. The molecule has 0 bridgehead atoms. The van der Waals surface area contributed by atoms with Crippen LogP contribution in [0.3, 0.4) is 0 Å². The zero-order valence-electron chi connectivity index (χ0n) is 23.5. The molecule has 2 aromatic carbocycles. The Hall–Kier alpha value is -3.83. The van der Waals surface area contributed by atoms with E-state index in [1.807, 2.05) is 9.80 Å². The normalized spacial score (nSPS) is 19.5. The van der Waals surface area contributed by atoms with Gasteiger partial charge < -0.3 is 25.1 Å². The van der Waals surface area contributed by atoms with Gasteiger partial charge in [0.1, 0.15) is 17.4 Å². The number of hydrogen-bond donors (Lipinski definition) is 2. The number of carbonyl (C=O) groups excluding carboxylic acids is 2. The van der Waals surface area contributed by atoms with Gasteiger partial charge in [0.15, 0.2) is 0 Å². The fraction of sp³-hybridized carbons (Fsp3) is 0.500. The van der Waals surface area contributed by atoms with E-state index in [2.05, 4.69) is 5.32 Å². The predicted octanol–water partition coefficient (Wildman–Crippen LogP) is 5.06. The molecule has 1 spiro atoms. The van der Waals surface area contributed by atoms with Crippen LogP contribution in [0.25, 0.3) is 0 Å². The van der Waals surface area contributed by atoms with Crippen molar-refractivity contribution in [1.82, 2.24) is 9.80 Å². The predicted molar refractivity (Wildman–Crippen MR) is 147 cm³/mol. The number of carbonyl (C=O) groups is 3. The number of halogens is 4. The second-order valence-electron chi connectivity index (χ2n) is 11.8.